The average Bonchev–Trinajstić information content (AvgIpc) is 3.00. The molecule has 1 amide bonds. The second-order valence-corrected chi connectivity index (χ2v) is 4.93. The standard InChI is InChI=1S/C13H20N4O3/c1-3-20-13(19)11-5-4-6-16(7-11)12(18)10(2)17-9-14-8-15-17/h8-11H,3-7H2,1-2H3/t10?,11-/m0/s1. The molecule has 1 fully saturated rings. The van der Waals surface area contributed by atoms with Gasteiger partial charge >= 0.3 is 5.97 Å². The van der Waals surface area contributed by atoms with Crippen molar-refractivity contribution in [3.63, 3.8) is 0 Å². The Balaban J connectivity index is 1.98. The van der Waals surface area contributed by atoms with Gasteiger partial charge in [0.1, 0.15) is 18.7 Å². The zero-order valence-electron chi connectivity index (χ0n) is 11.9. The van der Waals surface area contributed by atoms with Gasteiger partial charge in [0.15, 0.2) is 0 Å². The summed E-state index contributed by atoms with van der Waals surface area (Å²) in [4.78, 5) is 29.7. The molecule has 1 aromatic rings. The molecule has 0 N–H and O–H groups in total. The summed E-state index contributed by atoms with van der Waals surface area (Å²) in [6.07, 6.45) is 4.52. The van der Waals surface area contributed by atoms with Crippen LogP contribution in [-0.2, 0) is 14.3 Å². The van der Waals surface area contributed by atoms with E-state index in [-0.39, 0.29) is 17.8 Å². The van der Waals surface area contributed by atoms with Gasteiger partial charge in [-0.25, -0.2) is 9.67 Å². The van der Waals surface area contributed by atoms with Crippen LogP contribution in [-0.4, -0.2) is 51.2 Å². The van der Waals surface area contributed by atoms with Crippen LogP contribution in [0.5, 0.6) is 0 Å². The normalized spacial score (nSPS) is 20.5. The van der Waals surface area contributed by atoms with E-state index in [1.165, 1.54) is 17.3 Å². The Kier molecular flexibility index (Phi) is 4.70. The van der Waals surface area contributed by atoms with Crippen LogP contribution in [0.15, 0.2) is 12.7 Å². The SMILES string of the molecule is CCOC(=O)[C@H]1CCCN(C(=O)C(C)n2cncn2)C1. The number of carbonyl (C=O) groups excluding carboxylic acids is 2. The highest BCUT2D eigenvalue weighted by Gasteiger charge is 2.31. The molecule has 2 rings (SSSR count). The minimum Gasteiger partial charge on any atom is -0.466 e. The Morgan fingerprint density at radius 1 is 1.50 bits per heavy atom. The van der Waals surface area contributed by atoms with E-state index in [2.05, 4.69) is 10.1 Å². The van der Waals surface area contributed by atoms with Gasteiger partial charge in [-0.2, -0.15) is 5.10 Å². The summed E-state index contributed by atoms with van der Waals surface area (Å²) in [6.45, 7) is 5.05. The number of esters is 1. The fraction of sp³-hybridized carbons (Fsp3) is 0.692. The minimum absolute atomic E-state index is 0.0375. The fourth-order valence-electron chi connectivity index (χ4n) is 2.42. The molecule has 0 bridgehead atoms. The lowest BCUT2D eigenvalue weighted by Crippen LogP contribution is -2.45. The topological polar surface area (TPSA) is 77.3 Å². The second-order valence-electron chi connectivity index (χ2n) is 4.93. The minimum atomic E-state index is -0.404. The van der Waals surface area contributed by atoms with Crippen LogP contribution in [0.25, 0.3) is 0 Å². The van der Waals surface area contributed by atoms with Gasteiger partial charge in [0.25, 0.3) is 0 Å². The molecular weight excluding hydrogens is 260 g/mol. The number of nitrogens with zero attached hydrogens (tertiary/aromatic N) is 4. The van der Waals surface area contributed by atoms with Crippen LogP contribution >= 0.6 is 0 Å². The monoisotopic (exact) mass is 280 g/mol. The van der Waals surface area contributed by atoms with Crippen LogP contribution in [0.4, 0.5) is 0 Å². The molecular formula is C13H20N4O3. The van der Waals surface area contributed by atoms with Gasteiger partial charge in [-0.15, -0.1) is 0 Å². The van der Waals surface area contributed by atoms with E-state index in [4.69, 9.17) is 4.74 Å². The Bertz CT molecular complexity index is 460. The molecule has 20 heavy (non-hydrogen) atoms. The third-order valence-corrected chi connectivity index (χ3v) is 3.54. The maximum absolute atomic E-state index is 12.4. The zero-order valence-corrected chi connectivity index (χ0v) is 11.9. The van der Waals surface area contributed by atoms with Crippen molar-refractivity contribution in [2.45, 2.75) is 32.7 Å². The van der Waals surface area contributed by atoms with Crippen molar-refractivity contribution in [3.05, 3.63) is 12.7 Å². The highest BCUT2D eigenvalue weighted by atomic mass is 16.5. The molecule has 2 atom stereocenters. The van der Waals surface area contributed by atoms with Crippen LogP contribution < -0.4 is 0 Å². The first-order chi connectivity index (χ1) is 9.63. The number of hydrogen-bond acceptors (Lipinski definition) is 5. The lowest BCUT2D eigenvalue weighted by Gasteiger charge is -2.33. The molecule has 0 radical (unpaired) electrons. The highest BCUT2D eigenvalue weighted by molar-refractivity contribution is 5.81. The van der Waals surface area contributed by atoms with Crippen LogP contribution in [0.2, 0.25) is 0 Å². The first-order valence-corrected chi connectivity index (χ1v) is 6.93. The largest absolute Gasteiger partial charge is 0.466 e. The number of aromatic nitrogens is 3. The fourth-order valence-corrected chi connectivity index (χ4v) is 2.42. The Morgan fingerprint density at radius 3 is 2.95 bits per heavy atom. The van der Waals surface area contributed by atoms with Crippen molar-refractivity contribution in [1.29, 1.82) is 0 Å². The zero-order chi connectivity index (χ0) is 14.5. The quantitative estimate of drug-likeness (QED) is 0.756. The predicted octanol–water partition coefficient (Wildman–Crippen LogP) is 0.641. The molecule has 7 heteroatoms. The van der Waals surface area contributed by atoms with Gasteiger partial charge in [-0.05, 0) is 26.7 Å². The molecule has 110 valence electrons. The van der Waals surface area contributed by atoms with E-state index < -0.39 is 6.04 Å². The maximum atomic E-state index is 12.4. The molecule has 0 aliphatic carbocycles. The average molecular weight is 280 g/mol. The van der Waals surface area contributed by atoms with Crippen molar-refractivity contribution in [3.8, 4) is 0 Å². The molecule has 1 aliphatic rings. The van der Waals surface area contributed by atoms with E-state index in [9.17, 15) is 9.59 Å². The summed E-state index contributed by atoms with van der Waals surface area (Å²) in [5.41, 5.74) is 0. The lowest BCUT2D eigenvalue weighted by molar-refractivity contribution is -0.151. The van der Waals surface area contributed by atoms with Gasteiger partial charge in [-0.1, -0.05) is 0 Å². The van der Waals surface area contributed by atoms with Gasteiger partial charge in [0, 0.05) is 13.1 Å². The molecule has 1 saturated heterocycles. The third kappa shape index (κ3) is 3.15. The molecule has 7 nitrogen and oxygen atoms in total. The highest BCUT2D eigenvalue weighted by Crippen LogP contribution is 2.20. The van der Waals surface area contributed by atoms with Crippen molar-refractivity contribution < 1.29 is 14.3 Å². The van der Waals surface area contributed by atoms with E-state index in [0.29, 0.717) is 19.7 Å². The number of ether oxygens (including phenoxy) is 1. The Morgan fingerprint density at radius 2 is 2.30 bits per heavy atom. The number of amides is 1. The van der Waals surface area contributed by atoms with E-state index >= 15 is 0 Å². The van der Waals surface area contributed by atoms with E-state index in [0.717, 1.165) is 12.8 Å². The first-order valence-electron chi connectivity index (χ1n) is 6.93. The smallest absolute Gasteiger partial charge is 0.310 e. The van der Waals surface area contributed by atoms with Gasteiger partial charge in [0.2, 0.25) is 5.91 Å². The second kappa shape index (κ2) is 6.49. The summed E-state index contributed by atoms with van der Waals surface area (Å²) in [6, 6.07) is -0.404. The summed E-state index contributed by atoms with van der Waals surface area (Å²) < 4.78 is 6.56. The van der Waals surface area contributed by atoms with Crippen LogP contribution in [0.3, 0.4) is 0 Å². The van der Waals surface area contributed by atoms with Gasteiger partial charge in [-0.3, -0.25) is 9.59 Å². The Hall–Kier alpha value is -1.92. The van der Waals surface area contributed by atoms with Crippen molar-refractivity contribution in [2.75, 3.05) is 19.7 Å². The number of piperidine rings is 1. The van der Waals surface area contributed by atoms with Crippen molar-refractivity contribution >= 4 is 11.9 Å². The van der Waals surface area contributed by atoms with Crippen molar-refractivity contribution in [2.24, 2.45) is 5.92 Å². The molecule has 0 aromatic carbocycles. The lowest BCUT2D eigenvalue weighted by atomic mass is 9.97. The molecule has 0 saturated carbocycles. The molecule has 0 spiro atoms. The number of carbonyl (C=O) groups is 2. The summed E-state index contributed by atoms with van der Waals surface area (Å²) in [5.74, 6) is -0.460. The third-order valence-electron chi connectivity index (χ3n) is 3.54. The van der Waals surface area contributed by atoms with E-state index in [1.54, 1.807) is 18.7 Å². The predicted molar refractivity (Wildman–Crippen MR) is 70.7 cm³/mol. The number of likely N-dealkylation sites (tertiary alicyclic amines) is 1. The number of rotatable bonds is 4. The molecule has 1 unspecified atom stereocenters. The Labute approximate surface area is 117 Å². The molecule has 1 aliphatic heterocycles. The van der Waals surface area contributed by atoms with Crippen molar-refractivity contribution in [1.82, 2.24) is 19.7 Å². The summed E-state index contributed by atoms with van der Waals surface area (Å²) in [5, 5.41) is 3.98. The van der Waals surface area contributed by atoms with E-state index in [1.807, 2.05) is 0 Å². The number of hydrogen-bond donors (Lipinski definition) is 0. The molecule has 1 aromatic heterocycles. The van der Waals surface area contributed by atoms with Crippen LogP contribution in [0.1, 0.15) is 32.7 Å². The maximum Gasteiger partial charge on any atom is 0.310 e. The first kappa shape index (κ1) is 14.5. The summed E-state index contributed by atoms with van der Waals surface area (Å²) >= 11 is 0. The van der Waals surface area contributed by atoms with Gasteiger partial charge < -0.3 is 9.64 Å². The summed E-state index contributed by atoms with van der Waals surface area (Å²) in [7, 11) is 0. The molecule has 2 heterocycles. The van der Waals surface area contributed by atoms with Crippen LogP contribution in [0, 0.1) is 5.92 Å². The van der Waals surface area contributed by atoms with Gasteiger partial charge in [0.05, 0.1) is 12.5 Å².